The minimum atomic E-state index is -0.162. The molecule has 0 radical (unpaired) electrons. The van der Waals surface area contributed by atoms with Gasteiger partial charge in [0.05, 0.1) is 0 Å². The van der Waals surface area contributed by atoms with Crippen LogP contribution in [0.4, 0.5) is 5.95 Å². The highest BCUT2D eigenvalue weighted by atomic mass is 32.2. The smallest absolute Gasteiger partial charge is 0.233 e. The molecule has 1 heterocycles. The van der Waals surface area contributed by atoms with E-state index in [1.165, 1.54) is 11.8 Å². The van der Waals surface area contributed by atoms with Crippen molar-refractivity contribution < 1.29 is 4.79 Å². The number of thioether (sulfide) groups is 1. The lowest BCUT2D eigenvalue weighted by molar-refractivity contribution is -0.121. The van der Waals surface area contributed by atoms with Crippen molar-refractivity contribution in [2.24, 2.45) is 12.9 Å². The Kier molecular flexibility index (Phi) is 4.56. The van der Waals surface area contributed by atoms with E-state index in [9.17, 15) is 4.79 Å². The van der Waals surface area contributed by atoms with E-state index in [-0.39, 0.29) is 11.2 Å². The van der Waals surface area contributed by atoms with Crippen molar-refractivity contribution in [3.63, 3.8) is 0 Å². The molecular weight excluding hydrogens is 228 g/mol. The third-order valence-corrected chi connectivity index (χ3v) is 3.32. The van der Waals surface area contributed by atoms with Gasteiger partial charge in [-0.2, -0.15) is 0 Å². The number of amides is 1. The summed E-state index contributed by atoms with van der Waals surface area (Å²) in [5, 5.41) is 8.68. The third kappa shape index (κ3) is 3.38. The number of hydrazine groups is 1. The highest BCUT2D eigenvalue weighted by Crippen LogP contribution is 2.24. The van der Waals surface area contributed by atoms with E-state index in [0.717, 1.165) is 11.6 Å². The molecule has 1 amide bonds. The van der Waals surface area contributed by atoms with Gasteiger partial charge in [-0.15, -0.1) is 10.2 Å². The highest BCUT2D eigenvalue weighted by molar-refractivity contribution is 7.99. The number of nitrogens with one attached hydrogen (secondary N) is 1. The molecule has 1 unspecified atom stereocenters. The zero-order valence-corrected chi connectivity index (χ0v) is 10.1. The fourth-order valence-electron chi connectivity index (χ4n) is 1.07. The maximum Gasteiger partial charge on any atom is 0.233 e. The lowest BCUT2D eigenvalue weighted by atomic mass is 10.2. The van der Waals surface area contributed by atoms with E-state index in [0.29, 0.717) is 12.4 Å². The van der Waals surface area contributed by atoms with Crippen LogP contribution in [0.1, 0.15) is 19.8 Å². The van der Waals surface area contributed by atoms with E-state index in [4.69, 9.17) is 11.6 Å². The zero-order valence-electron chi connectivity index (χ0n) is 9.30. The predicted molar refractivity (Wildman–Crippen MR) is 62.3 cm³/mol. The number of carbonyl (C=O) groups is 1. The Balaban J connectivity index is 2.42. The van der Waals surface area contributed by atoms with Crippen molar-refractivity contribution in [3.8, 4) is 0 Å². The molecule has 0 spiro atoms. The number of anilines is 1. The molecule has 5 N–H and O–H groups in total. The van der Waals surface area contributed by atoms with Crippen LogP contribution in [-0.4, -0.2) is 25.9 Å². The van der Waals surface area contributed by atoms with Crippen molar-refractivity contribution >= 4 is 23.6 Å². The summed E-state index contributed by atoms with van der Waals surface area (Å²) in [6.07, 6.45) is 1.12. The molecule has 1 aromatic heterocycles. The van der Waals surface area contributed by atoms with Gasteiger partial charge in [0, 0.05) is 18.7 Å². The predicted octanol–water partition coefficient (Wildman–Crippen LogP) is -0.352. The first-order valence-corrected chi connectivity index (χ1v) is 5.73. The normalized spacial score (nSPS) is 12.4. The maximum atomic E-state index is 10.9. The second kappa shape index (κ2) is 5.71. The number of nitrogens with two attached hydrogens (primary N) is 2. The van der Waals surface area contributed by atoms with Crippen molar-refractivity contribution in [1.29, 1.82) is 0 Å². The molecule has 0 aliphatic carbocycles. The molecule has 0 aromatic carbocycles. The van der Waals surface area contributed by atoms with Gasteiger partial charge >= 0.3 is 0 Å². The Morgan fingerprint density at radius 2 is 2.31 bits per heavy atom. The topological polar surface area (TPSA) is 112 Å². The second-order valence-corrected chi connectivity index (χ2v) is 4.84. The molecule has 0 bridgehead atoms. The van der Waals surface area contributed by atoms with Crippen LogP contribution in [0.25, 0.3) is 0 Å². The average Bonchev–Trinajstić information content (AvgIpc) is 2.57. The minimum Gasteiger partial charge on any atom is -0.368 e. The van der Waals surface area contributed by atoms with Gasteiger partial charge in [-0.3, -0.25) is 14.8 Å². The Labute approximate surface area is 97.9 Å². The molecule has 0 aliphatic heterocycles. The van der Waals surface area contributed by atoms with Gasteiger partial charge in [0.15, 0.2) is 5.16 Å². The molecule has 8 heteroatoms. The van der Waals surface area contributed by atoms with Crippen LogP contribution in [0, 0.1) is 0 Å². The van der Waals surface area contributed by atoms with E-state index in [1.54, 1.807) is 11.6 Å². The van der Waals surface area contributed by atoms with Crippen LogP contribution < -0.4 is 17.0 Å². The number of hydrogen-bond acceptors (Lipinski definition) is 6. The maximum absolute atomic E-state index is 10.9. The summed E-state index contributed by atoms with van der Waals surface area (Å²) >= 11 is 1.53. The fraction of sp³-hybridized carbons (Fsp3) is 0.625. The zero-order chi connectivity index (χ0) is 12.1. The lowest BCUT2D eigenvalue weighted by Crippen LogP contribution is -2.30. The molecule has 0 aliphatic rings. The number of nitrogens with zero attached hydrogens (tertiary/aromatic N) is 3. The summed E-state index contributed by atoms with van der Waals surface area (Å²) in [6, 6.07) is 0. The summed E-state index contributed by atoms with van der Waals surface area (Å²) < 4.78 is 1.71. The quantitative estimate of drug-likeness (QED) is 0.282. The second-order valence-electron chi connectivity index (χ2n) is 3.43. The monoisotopic (exact) mass is 244 g/mol. The average molecular weight is 244 g/mol. The van der Waals surface area contributed by atoms with E-state index in [2.05, 4.69) is 15.6 Å². The molecular formula is C8H16N6OS. The van der Waals surface area contributed by atoms with Crippen LogP contribution >= 0.6 is 11.8 Å². The van der Waals surface area contributed by atoms with Crippen molar-refractivity contribution in [2.45, 2.75) is 30.2 Å². The van der Waals surface area contributed by atoms with E-state index >= 15 is 0 Å². The number of aromatic nitrogens is 3. The van der Waals surface area contributed by atoms with Crippen LogP contribution in [0.5, 0.6) is 0 Å². The molecule has 0 saturated carbocycles. The molecule has 7 nitrogen and oxygen atoms in total. The first-order chi connectivity index (χ1) is 7.54. The summed E-state index contributed by atoms with van der Waals surface area (Å²) in [7, 11) is 1.80. The van der Waals surface area contributed by atoms with E-state index < -0.39 is 0 Å². The van der Waals surface area contributed by atoms with Crippen molar-refractivity contribution in [2.75, 3.05) is 5.73 Å². The van der Waals surface area contributed by atoms with Gasteiger partial charge in [0.25, 0.3) is 0 Å². The summed E-state index contributed by atoms with van der Waals surface area (Å²) in [5.41, 5.74) is 7.65. The van der Waals surface area contributed by atoms with Gasteiger partial charge < -0.3 is 5.73 Å². The number of hydrogen-bond donors (Lipinski definition) is 3. The molecule has 90 valence electrons. The van der Waals surface area contributed by atoms with Crippen molar-refractivity contribution in [1.82, 2.24) is 20.2 Å². The molecule has 1 aromatic rings. The molecule has 16 heavy (non-hydrogen) atoms. The van der Waals surface area contributed by atoms with Gasteiger partial charge in [-0.1, -0.05) is 18.7 Å². The molecule has 0 saturated heterocycles. The Morgan fingerprint density at radius 3 is 2.81 bits per heavy atom. The van der Waals surface area contributed by atoms with Crippen LogP contribution in [0.3, 0.4) is 0 Å². The SMILES string of the molecule is CC(CCC(=O)NN)Sc1nnc(N)n1C. The summed E-state index contributed by atoms with van der Waals surface area (Å²) in [6.45, 7) is 2.01. The first-order valence-electron chi connectivity index (χ1n) is 4.85. The summed E-state index contributed by atoms with van der Waals surface area (Å²) in [5.74, 6) is 5.21. The summed E-state index contributed by atoms with van der Waals surface area (Å²) in [4.78, 5) is 10.9. The van der Waals surface area contributed by atoms with Gasteiger partial charge in [-0.05, 0) is 6.42 Å². The van der Waals surface area contributed by atoms with Crippen LogP contribution in [0.2, 0.25) is 0 Å². The van der Waals surface area contributed by atoms with Crippen molar-refractivity contribution in [3.05, 3.63) is 0 Å². The van der Waals surface area contributed by atoms with Gasteiger partial charge in [-0.25, -0.2) is 5.84 Å². The Hall–Kier alpha value is -1.28. The number of carbonyl (C=O) groups excluding carboxylic acids is 1. The van der Waals surface area contributed by atoms with E-state index in [1.807, 2.05) is 6.92 Å². The van der Waals surface area contributed by atoms with Crippen LogP contribution in [-0.2, 0) is 11.8 Å². The fourth-order valence-corrected chi connectivity index (χ4v) is 2.01. The standard InChI is InChI=1S/C8H16N6OS/c1-5(3-4-6(15)11-10)16-8-13-12-7(9)14(8)2/h5H,3-4,10H2,1-2H3,(H2,9,12)(H,11,15). The first kappa shape index (κ1) is 12.8. The Bertz CT molecular complexity index is 365. The third-order valence-electron chi connectivity index (χ3n) is 2.11. The minimum absolute atomic E-state index is 0.162. The molecule has 1 rings (SSSR count). The highest BCUT2D eigenvalue weighted by Gasteiger charge is 2.12. The number of rotatable bonds is 5. The molecule has 1 atom stereocenters. The number of nitrogen functional groups attached to an aromatic ring is 1. The van der Waals surface area contributed by atoms with Crippen LogP contribution in [0.15, 0.2) is 5.16 Å². The molecule has 0 fully saturated rings. The van der Waals surface area contributed by atoms with Gasteiger partial charge in [0.2, 0.25) is 11.9 Å². The lowest BCUT2D eigenvalue weighted by Gasteiger charge is -2.09. The largest absolute Gasteiger partial charge is 0.368 e. The Morgan fingerprint density at radius 1 is 1.62 bits per heavy atom. The van der Waals surface area contributed by atoms with Gasteiger partial charge in [0.1, 0.15) is 0 Å².